The van der Waals surface area contributed by atoms with Gasteiger partial charge in [-0.3, -0.25) is 9.69 Å². The monoisotopic (exact) mass is 335 g/mol. The van der Waals surface area contributed by atoms with E-state index >= 15 is 0 Å². The van der Waals surface area contributed by atoms with Crippen LogP contribution in [-0.4, -0.2) is 51.6 Å². The Hall–Kier alpha value is -1.59. The fourth-order valence-electron chi connectivity index (χ4n) is 3.22. The molecule has 1 saturated heterocycles. The number of hydrogen-bond donors (Lipinski definition) is 1. The van der Waals surface area contributed by atoms with Crippen LogP contribution in [0.2, 0.25) is 0 Å². The Bertz CT molecular complexity index is 612. The van der Waals surface area contributed by atoms with Crippen molar-refractivity contribution in [3.8, 4) is 5.75 Å². The first kappa shape index (κ1) is 16.3. The lowest BCUT2D eigenvalue weighted by Gasteiger charge is -2.30. The van der Waals surface area contributed by atoms with Gasteiger partial charge >= 0.3 is 0 Å². The van der Waals surface area contributed by atoms with Gasteiger partial charge in [-0.2, -0.15) is 5.10 Å². The Morgan fingerprint density at radius 1 is 1.35 bits per heavy atom. The first-order valence-corrected chi connectivity index (χ1v) is 8.48. The van der Waals surface area contributed by atoms with Crippen LogP contribution in [0.25, 0.3) is 0 Å². The molecular weight excluding hydrogens is 314 g/mol. The third kappa shape index (κ3) is 3.67. The molecule has 124 valence electrons. The summed E-state index contributed by atoms with van der Waals surface area (Å²) in [6, 6.07) is 6.94. The summed E-state index contributed by atoms with van der Waals surface area (Å²) in [6.07, 6.45) is 2.49. The van der Waals surface area contributed by atoms with E-state index in [0.717, 1.165) is 37.2 Å². The van der Waals surface area contributed by atoms with Crippen LogP contribution in [0.4, 0.5) is 0 Å². The molecule has 2 aliphatic rings. The van der Waals surface area contributed by atoms with Gasteiger partial charge in [0.25, 0.3) is 5.91 Å². The molecule has 0 saturated carbocycles. The van der Waals surface area contributed by atoms with Gasteiger partial charge in [-0.15, -0.1) is 11.6 Å². The molecule has 0 spiro atoms. The Balaban J connectivity index is 1.71. The summed E-state index contributed by atoms with van der Waals surface area (Å²) in [6.45, 7) is 3.96. The van der Waals surface area contributed by atoms with Crippen LogP contribution in [0.5, 0.6) is 5.75 Å². The highest BCUT2D eigenvalue weighted by Crippen LogP contribution is 2.35. The number of hydrogen-bond acceptors (Lipinski definition) is 4. The Morgan fingerprint density at radius 3 is 2.74 bits per heavy atom. The van der Waals surface area contributed by atoms with Crippen molar-refractivity contribution >= 4 is 23.2 Å². The largest absolute Gasteiger partial charge is 0.508 e. The SMILES string of the molecule is CC1=NN(C(=O)CN2CCC(Cl)CC2)C(c2ccccc2O)C1. The Kier molecular flexibility index (Phi) is 4.87. The van der Waals surface area contributed by atoms with Crippen molar-refractivity contribution in [3.63, 3.8) is 0 Å². The molecule has 5 nitrogen and oxygen atoms in total. The van der Waals surface area contributed by atoms with E-state index in [1.807, 2.05) is 19.1 Å². The van der Waals surface area contributed by atoms with Gasteiger partial charge in [-0.25, -0.2) is 5.01 Å². The molecule has 2 heterocycles. The summed E-state index contributed by atoms with van der Waals surface area (Å²) in [5.74, 6) is 0.186. The van der Waals surface area contributed by atoms with Gasteiger partial charge < -0.3 is 5.11 Å². The van der Waals surface area contributed by atoms with Gasteiger partial charge in [0.2, 0.25) is 0 Å². The molecule has 1 unspecified atom stereocenters. The number of aromatic hydroxyl groups is 1. The van der Waals surface area contributed by atoms with Crippen molar-refractivity contribution in [2.75, 3.05) is 19.6 Å². The van der Waals surface area contributed by atoms with E-state index in [-0.39, 0.29) is 23.1 Å². The summed E-state index contributed by atoms with van der Waals surface area (Å²) in [5, 5.41) is 16.3. The molecular formula is C17H22ClN3O2. The number of phenolic OH excluding ortho intramolecular Hbond substituents is 1. The number of benzene rings is 1. The summed E-state index contributed by atoms with van der Waals surface area (Å²) >= 11 is 6.11. The predicted molar refractivity (Wildman–Crippen MR) is 90.7 cm³/mol. The highest BCUT2D eigenvalue weighted by Gasteiger charge is 2.33. The number of likely N-dealkylation sites (tertiary alicyclic amines) is 1. The third-order valence-electron chi connectivity index (χ3n) is 4.49. The standard InChI is InChI=1S/C17H22ClN3O2/c1-12-10-15(14-4-2-3-5-16(14)22)21(19-12)17(23)11-20-8-6-13(18)7-9-20/h2-5,13,15,22H,6-11H2,1H3. The lowest BCUT2D eigenvalue weighted by molar-refractivity contribution is -0.134. The van der Waals surface area contributed by atoms with Gasteiger partial charge in [0, 0.05) is 36.2 Å². The van der Waals surface area contributed by atoms with Crippen LogP contribution in [0.1, 0.15) is 37.8 Å². The molecule has 0 bridgehead atoms. The van der Waals surface area contributed by atoms with Crippen LogP contribution in [-0.2, 0) is 4.79 Å². The lowest BCUT2D eigenvalue weighted by atomic mass is 10.0. The number of alkyl halides is 1. The highest BCUT2D eigenvalue weighted by atomic mass is 35.5. The number of carbonyl (C=O) groups excluding carboxylic acids is 1. The van der Waals surface area contributed by atoms with Crippen LogP contribution in [0, 0.1) is 0 Å². The summed E-state index contributed by atoms with van der Waals surface area (Å²) in [5.41, 5.74) is 1.66. The van der Waals surface area contributed by atoms with Gasteiger partial charge in [0.1, 0.15) is 5.75 Å². The van der Waals surface area contributed by atoms with E-state index in [9.17, 15) is 9.90 Å². The van der Waals surface area contributed by atoms with E-state index in [0.29, 0.717) is 13.0 Å². The Labute approximate surface area is 141 Å². The summed E-state index contributed by atoms with van der Waals surface area (Å²) in [4.78, 5) is 14.8. The third-order valence-corrected chi connectivity index (χ3v) is 4.93. The quantitative estimate of drug-likeness (QED) is 0.864. The topological polar surface area (TPSA) is 56.1 Å². The van der Waals surface area contributed by atoms with Crippen molar-refractivity contribution in [2.24, 2.45) is 5.10 Å². The molecule has 0 aliphatic carbocycles. The fraction of sp³-hybridized carbons (Fsp3) is 0.529. The molecule has 1 amide bonds. The fourth-order valence-corrected chi connectivity index (χ4v) is 3.42. The van der Waals surface area contributed by atoms with Gasteiger partial charge in [0.15, 0.2) is 0 Å². The maximum Gasteiger partial charge on any atom is 0.257 e. The average Bonchev–Trinajstić information content (AvgIpc) is 2.92. The summed E-state index contributed by atoms with van der Waals surface area (Å²) in [7, 11) is 0. The number of amides is 1. The number of para-hydroxylation sites is 1. The van der Waals surface area contributed by atoms with E-state index in [4.69, 9.17) is 11.6 Å². The Morgan fingerprint density at radius 2 is 2.04 bits per heavy atom. The smallest absolute Gasteiger partial charge is 0.257 e. The van der Waals surface area contributed by atoms with E-state index in [1.165, 1.54) is 5.01 Å². The minimum absolute atomic E-state index is 0.0249. The zero-order valence-electron chi connectivity index (χ0n) is 13.3. The highest BCUT2D eigenvalue weighted by molar-refractivity contribution is 6.20. The first-order chi connectivity index (χ1) is 11.0. The maximum absolute atomic E-state index is 12.7. The van der Waals surface area contributed by atoms with Crippen molar-refractivity contribution in [3.05, 3.63) is 29.8 Å². The number of piperidine rings is 1. The molecule has 23 heavy (non-hydrogen) atoms. The minimum atomic E-state index is -0.214. The number of phenols is 1. The number of rotatable bonds is 3. The zero-order valence-corrected chi connectivity index (χ0v) is 14.0. The molecule has 1 N–H and O–H groups in total. The number of halogens is 1. The average molecular weight is 336 g/mol. The van der Waals surface area contributed by atoms with Gasteiger partial charge in [-0.1, -0.05) is 18.2 Å². The van der Waals surface area contributed by atoms with Gasteiger partial charge in [-0.05, 0) is 25.8 Å². The maximum atomic E-state index is 12.7. The second kappa shape index (κ2) is 6.89. The summed E-state index contributed by atoms with van der Waals surface area (Å²) < 4.78 is 0. The second-order valence-electron chi connectivity index (χ2n) is 6.30. The number of carbonyl (C=O) groups is 1. The normalized spacial score (nSPS) is 23.1. The first-order valence-electron chi connectivity index (χ1n) is 8.05. The van der Waals surface area contributed by atoms with Crippen LogP contribution in [0.3, 0.4) is 0 Å². The van der Waals surface area contributed by atoms with Gasteiger partial charge in [0.05, 0.1) is 12.6 Å². The molecule has 1 atom stereocenters. The molecule has 6 heteroatoms. The van der Waals surface area contributed by atoms with Crippen molar-refractivity contribution in [1.29, 1.82) is 0 Å². The molecule has 1 fully saturated rings. The van der Waals surface area contributed by atoms with Crippen molar-refractivity contribution in [1.82, 2.24) is 9.91 Å². The van der Waals surface area contributed by atoms with E-state index in [2.05, 4.69) is 10.0 Å². The predicted octanol–water partition coefficient (Wildman–Crippen LogP) is 2.74. The van der Waals surface area contributed by atoms with Crippen LogP contribution >= 0.6 is 11.6 Å². The molecule has 1 aromatic rings. The van der Waals surface area contributed by atoms with Crippen molar-refractivity contribution < 1.29 is 9.90 Å². The molecule has 3 rings (SSSR count). The number of hydrazone groups is 1. The number of nitrogens with zero attached hydrogens (tertiary/aromatic N) is 3. The second-order valence-corrected chi connectivity index (χ2v) is 6.92. The molecule has 1 aromatic carbocycles. The van der Waals surface area contributed by atoms with Crippen LogP contribution < -0.4 is 0 Å². The van der Waals surface area contributed by atoms with Crippen molar-refractivity contribution in [2.45, 2.75) is 37.6 Å². The minimum Gasteiger partial charge on any atom is -0.508 e. The van der Waals surface area contributed by atoms with Crippen LogP contribution in [0.15, 0.2) is 29.4 Å². The van der Waals surface area contributed by atoms with E-state index < -0.39 is 0 Å². The molecule has 0 aromatic heterocycles. The van der Waals surface area contributed by atoms with E-state index in [1.54, 1.807) is 12.1 Å². The molecule has 0 radical (unpaired) electrons. The lowest BCUT2D eigenvalue weighted by Crippen LogP contribution is -2.42. The molecule has 2 aliphatic heterocycles. The zero-order chi connectivity index (χ0) is 16.4.